The van der Waals surface area contributed by atoms with E-state index in [-0.39, 0.29) is 5.91 Å². The summed E-state index contributed by atoms with van der Waals surface area (Å²) in [5.41, 5.74) is 2.79. The summed E-state index contributed by atoms with van der Waals surface area (Å²) in [6.45, 7) is 5.23. The van der Waals surface area contributed by atoms with Crippen LogP contribution in [-0.2, 0) is 4.74 Å². The average Bonchev–Trinajstić information content (AvgIpc) is 2.75. The smallest absolute Gasteiger partial charge is 0.257 e. The first-order valence-electron chi connectivity index (χ1n) is 9.44. The molecule has 1 amide bonds. The molecule has 1 aliphatic rings. The maximum atomic E-state index is 12.7. The number of anilines is 2. The third-order valence-corrected chi connectivity index (χ3v) is 4.74. The number of morpholine rings is 1. The normalized spacial score (nSPS) is 14.7. The van der Waals surface area contributed by atoms with Crippen LogP contribution >= 0.6 is 0 Å². The molecule has 1 saturated heterocycles. The topological polar surface area (TPSA) is 79.4 Å². The zero-order valence-corrected chi connectivity index (χ0v) is 15.6. The molecule has 7 heteroatoms. The molecule has 0 aliphatic carbocycles. The van der Waals surface area contributed by atoms with E-state index >= 15 is 0 Å². The van der Waals surface area contributed by atoms with Crippen molar-refractivity contribution in [2.24, 2.45) is 0 Å². The standard InChI is InChI=1S/C21H23N5O2/c27-21(25-19-5-1-3-16-4-2-6-24-20(16)19)17-13-18(15-22-14-17)23-7-8-26-9-11-28-12-10-26/h1-6,13-15,23H,7-12H2,(H,25,27). The molecule has 2 N–H and O–H groups in total. The molecule has 0 atom stereocenters. The molecule has 3 heterocycles. The lowest BCUT2D eigenvalue weighted by Gasteiger charge is -2.26. The quantitative estimate of drug-likeness (QED) is 0.688. The number of nitrogens with zero attached hydrogens (tertiary/aromatic N) is 3. The maximum Gasteiger partial charge on any atom is 0.257 e. The van der Waals surface area contributed by atoms with Crippen molar-refractivity contribution < 1.29 is 9.53 Å². The Morgan fingerprint density at radius 1 is 1.14 bits per heavy atom. The number of ether oxygens (including phenoxy) is 1. The van der Waals surface area contributed by atoms with Crippen LogP contribution in [0.3, 0.4) is 0 Å². The summed E-state index contributed by atoms with van der Waals surface area (Å²) in [6.07, 6.45) is 5.02. The van der Waals surface area contributed by atoms with Gasteiger partial charge in [0, 0.05) is 50.2 Å². The van der Waals surface area contributed by atoms with Crippen molar-refractivity contribution >= 4 is 28.2 Å². The summed E-state index contributed by atoms with van der Waals surface area (Å²) in [4.78, 5) is 23.6. The van der Waals surface area contributed by atoms with Gasteiger partial charge in [0.05, 0.1) is 35.7 Å². The summed E-state index contributed by atoms with van der Waals surface area (Å²) in [7, 11) is 0. The summed E-state index contributed by atoms with van der Waals surface area (Å²) in [5, 5.41) is 7.27. The number of fused-ring (bicyclic) bond motifs is 1. The van der Waals surface area contributed by atoms with Crippen molar-refractivity contribution in [1.82, 2.24) is 14.9 Å². The fraction of sp³-hybridized carbons (Fsp3) is 0.286. The van der Waals surface area contributed by atoms with E-state index in [0.717, 1.165) is 56.0 Å². The molecule has 4 rings (SSSR count). The summed E-state index contributed by atoms with van der Waals surface area (Å²) in [6, 6.07) is 11.4. The molecule has 1 aromatic carbocycles. The van der Waals surface area contributed by atoms with Gasteiger partial charge in [-0.05, 0) is 18.2 Å². The van der Waals surface area contributed by atoms with E-state index in [1.54, 1.807) is 18.6 Å². The van der Waals surface area contributed by atoms with Gasteiger partial charge in [-0.15, -0.1) is 0 Å². The monoisotopic (exact) mass is 377 g/mol. The van der Waals surface area contributed by atoms with Gasteiger partial charge < -0.3 is 15.4 Å². The van der Waals surface area contributed by atoms with Crippen molar-refractivity contribution in [3.63, 3.8) is 0 Å². The molecule has 7 nitrogen and oxygen atoms in total. The highest BCUT2D eigenvalue weighted by atomic mass is 16.5. The number of hydrogen-bond acceptors (Lipinski definition) is 6. The molecule has 0 bridgehead atoms. The molecule has 2 aromatic heterocycles. The molecule has 1 aliphatic heterocycles. The Bertz CT molecular complexity index is 951. The largest absolute Gasteiger partial charge is 0.382 e. The highest BCUT2D eigenvalue weighted by Crippen LogP contribution is 2.21. The highest BCUT2D eigenvalue weighted by Gasteiger charge is 2.11. The van der Waals surface area contributed by atoms with Gasteiger partial charge in [0.2, 0.25) is 0 Å². The number of hydrogen-bond donors (Lipinski definition) is 2. The van der Waals surface area contributed by atoms with Gasteiger partial charge in [-0.2, -0.15) is 0 Å². The predicted molar refractivity (Wildman–Crippen MR) is 110 cm³/mol. The fourth-order valence-corrected chi connectivity index (χ4v) is 3.24. The van der Waals surface area contributed by atoms with Gasteiger partial charge in [0.1, 0.15) is 0 Å². The molecule has 144 valence electrons. The van der Waals surface area contributed by atoms with Gasteiger partial charge in [-0.3, -0.25) is 19.7 Å². The van der Waals surface area contributed by atoms with Gasteiger partial charge in [-0.25, -0.2) is 0 Å². The zero-order chi connectivity index (χ0) is 19.2. The van der Waals surface area contributed by atoms with Crippen LogP contribution in [-0.4, -0.2) is 60.2 Å². The van der Waals surface area contributed by atoms with Crippen LogP contribution in [0.25, 0.3) is 10.9 Å². The van der Waals surface area contributed by atoms with E-state index in [1.807, 2.05) is 36.4 Å². The maximum absolute atomic E-state index is 12.7. The van der Waals surface area contributed by atoms with Crippen molar-refractivity contribution in [3.05, 3.63) is 60.6 Å². The Hall–Kier alpha value is -3.03. The molecule has 1 fully saturated rings. The number of pyridine rings is 2. The second kappa shape index (κ2) is 8.77. The summed E-state index contributed by atoms with van der Waals surface area (Å²) >= 11 is 0. The van der Waals surface area contributed by atoms with Gasteiger partial charge >= 0.3 is 0 Å². The SMILES string of the molecule is O=C(Nc1cccc2cccnc12)c1cncc(NCCN2CCOCC2)c1. The third kappa shape index (κ3) is 4.44. The average molecular weight is 377 g/mol. The second-order valence-corrected chi connectivity index (χ2v) is 6.68. The third-order valence-electron chi connectivity index (χ3n) is 4.74. The Morgan fingerprint density at radius 2 is 2.00 bits per heavy atom. The number of amides is 1. The molecule has 0 saturated carbocycles. The fourth-order valence-electron chi connectivity index (χ4n) is 3.24. The molecular formula is C21H23N5O2. The van der Waals surface area contributed by atoms with Crippen molar-refractivity contribution in [2.75, 3.05) is 50.0 Å². The highest BCUT2D eigenvalue weighted by molar-refractivity contribution is 6.08. The first kappa shape index (κ1) is 18.3. The van der Waals surface area contributed by atoms with E-state index in [4.69, 9.17) is 4.74 Å². The molecule has 28 heavy (non-hydrogen) atoms. The first-order valence-corrected chi connectivity index (χ1v) is 9.44. The summed E-state index contributed by atoms with van der Waals surface area (Å²) < 4.78 is 5.36. The first-order chi connectivity index (χ1) is 13.8. The number of para-hydroxylation sites is 1. The lowest BCUT2D eigenvalue weighted by Crippen LogP contribution is -2.39. The van der Waals surface area contributed by atoms with Crippen LogP contribution in [0.15, 0.2) is 55.0 Å². The van der Waals surface area contributed by atoms with Crippen LogP contribution in [0.5, 0.6) is 0 Å². The van der Waals surface area contributed by atoms with Gasteiger partial charge in [0.25, 0.3) is 5.91 Å². The van der Waals surface area contributed by atoms with Crippen LogP contribution in [0.1, 0.15) is 10.4 Å². The minimum absolute atomic E-state index is 0.206. The van der Waals surface area contributed by atoms with Crippen LogP contribution < -0.4 is 10.6 Å². The minimum Gasteiger partial charge on any atom is -0.382 e. The number of carbonyl (C=O) groups is 1. The minimum atomic E-state index is -0.206. The number of benzene rings is 1. The molecule has 0 radical (unpaired) electrons. The molecule has 0 spiro atoms. The van der Waals surface area contributed by atoms with Gasteiger partial charge in [-0.1, -0.05) is 18.2 Å². The van der Waals surface area contributed by atoms with E-state index in [2.05, 4.69) is 25.5 Å². The zero-order valence-electron chi connectivity index (χ0n) is 15.6. The Labute approximate surface area is 163 Å². The number of carbonyl (C=O) groups excluding carboxylic acids is 1. The lowest BCUT2D eigenvalue weighted by atomic mass is 10.2. The number of rotatable bonds is 6. The van der Waals surface area contributed by atoms with E-state index < -0.39 is 0 Å². The van der Waals surface area contributed by atoms with Crippen molar-refractivity contribution in [2.45, 2.75) is 0 Å². The molecular weight excluding hydrogens is 354 g/mol. The Balaban J connectivity index is 1.39. The van der Waals surface area contributed by atoms with E-state index in [9.17, 15) is 4.79 Å². The van der Waals surface area contributed by atoms with E-state index in [1.165, 1.54) is 0 Å². The van der Waals surface area contributed by atoms with Gasteiger partial charge in [0.15, 0.2) is 0 Å². The predicted octanol–water partition coefficient (Wildman–Crippen LogP) is 2.63. The molecule has 0 unspecified atom stereocenters. The van der Waals surface area contributed by atoms with Crippen molar-refractivity contribution in [1.29, 1.82) is 0 Å². The van der Waals surface area contributed by atoms with E-state index in [0.29, 0.717) is 11.3 Å². The number of nitrogens with one attached hydrogen (secondary N) is 2. The van der Waals surface area contributed by atoms with Crippen molar-refractivity contribution in [3.8, 4) is 0 Å². The van der Waals surface area contributed by atoms with Crippen LogP contribution in [0, 0.1) is 0 Å². The molecule has 3 aromatic rings. The number of aromatic nitrogens is 2. The van der Waals surface area contributed by atoms with Crippen LogP contribution in [0.2, 0.25) is 0 Å². The lowest BCUT2D eigenvalue weighted by molar-refractivity contribution is 0.0398. The second-order valence-electron chi connectivity index (χ2n) is 6.68. The summed E-state index contributed by atoms with van der Waals surface area (Å²) in [5.74, 6) is -0.206. The Kier molecular flexibility index (Phi) is 5.75. The van der Waals surface area contributed by atoms with Crippen LogP contribution in [0.4, 0.5) is 11.4 Å². The Morgan fingerprint density at radius 3 is 2.89 bits per heavy atom.